The third kappa shape index (κ3) is 3.17. The van der Waals surface area contributed by atoms with Crippen molar-refractivity contribution in [2.45, 2.75) is 71.0 Å². The van der Waals surface area contributed by atoms with E-state index in [1.165, 1.54) is 39.8 Å². The highest BCUT2D eigenvalue weighted by molar-refractivity contribution is 6.28. The summed E-state index contributed by atoms with van der Waals surface area (Å²) in [5, 5.41) is 57.8. The van der Waals surface area contributed by atoms with E-state index in [4.69, 9.17) is 4.74 Å². The highest BCUT2D eigenvalue weighted by atomic mass is 16.7. The number of carbonyl (C=O) groups excluding carboxylic acids is 2. The number of aliphatic imine (C=N–C) groups is 1. The minimum atomic E-state index is -2.69. The van der Waals surface area contributed by atoms with Gasteiger partial charge < -0.3 is 30.3 Å². The van der Waals surface area contributed by atoms with E-state index in [1.807, 2.05) is 0 Å². The van der Waals surface area contributed by atoms with Gasteiger partial charge in [-0.25, -0.2) is 0 Å². The first-order chi connectivity index (χ1) is 17.1. The lowest BCUT2D eigenvalue weighted by molar-refractivity contribution is -0.308. The second-order valence-corrected chi connectivity index (χ2v) is 10.5. The SMILES string of the molecule is C/C=C/C=C/C(O)=C1/C(O)=C(C)C(=O)[C@@]2(C)O[C@@]3(O)[C@@](C)(O)C4=N[C@@H](/C=C/C)CC(=O)C4=C(O)[C@@]3(C)[C@@H]12. The molecule has 4 aliphatic rings. The minimum Gasteiger partial charge on any atom is -0.511 e. The van der Waals surface area contributed by atoms with Crippen molar-refractivity contribution in [3.8, 4) is 0 Å². The molecule has 0 bridgehead atoms. The Morgan fingerprint density at radius 3 is 2.32 bits per heavy atom. The summed E-state index contributed by atoms with van der Waals surface area (Å²) in [6.07, 6.45) is 9.43. The zero-order valence-electron chi connectivity index (χ0n) is 21.7. The van der Waals surface area contributed by atoms with Crippen molar-refractivity contribution in [1.29, 1.82) is 0 Å². The molecule has 4 rings (SSSR count). The Bertz CT molecular complexity index is 1310. The lowest BCUT2D eigenvalue weighted by atomic mass is 9.53. The van der Waals surface area contributed by atoms with E-state index in [9.17, 15) is 35.1 Å². The maximum Gasteiger partial charge on any atom is 0.215 e. The lowest BCUT2D eigenvalue weighted by Crippen LogP contribution is -2.70. The fourth-order valence-corrected chi connectivity index (χ4v) is 6.36. The third-order valence-electron chi connectivity index (χ3n) is 8.19. The van der Waals surface area contributed by atoms with Crippen molar-refractivity contribution in [2.24, 2.45) is 16.3 Å². The van der Waals surface area contributed by atoms with Crippen LogP contribution in [0.25, 0.3) is 0 Å². The van der Waals surface area contributed by atoms with E-state index in [1.54, 1.807) is 38.2 Å². The Morgan fingerprint density at radius 2 is 1.73 bits per heavy atom. The zero-order valence-corrected chi connectivity index (χ0v) is 21.7. The number of hydrogen-bond acceptors (Lipinski definition) is 9. The van der Waals surface area contributed by atoms with E-state index in [0.717, 1.165) is 0 Å². The van der Waals surface area contributed by atoms with Gasteiger partial charge in [-0.1, -0.05) is 30.4 Å². The summed E-state index contributed by atoms with van der Waals surface area (Å²) < 4.78 is 6.07. The summed E-state index contributed by atoms with van der Waals surface area (Å²) in [5.41, 5.74) is -7.21. The van der Waals surface area contributed by atoms with Gasteiger partial charge >= 0.3 is 0 Å². The van der Waals surface area contributed by atoms with E-state index < -0.39 is 63.2 Å². The number of nitrogens with zero attached hydrogens (tertiary/aromatic N) is 1. The molecule has 0 spiro atoms. The summed E-state index contributed by atoms with van der Waals surface area (Å²) in [6, 6.07) is -0.631. The van der Waals surface area contributed by atoms with Gasteiger partial charge in [0.1, 0.15) is 22.9 Å². The van der Waals surface area contributed by atoms with Gasteiger partial charge in [0.05, 0.1) is 22.7 Å². The molecule has 0 aromatic rings. The van der Waals surface area contributed by atoms with Crippen LogP contribution >= 0.6 is 0 Å². The predicted octanol–water partition coefficient (Wildman–Crippen LogP) is 3.38. The number of carbonyl (C=O) groups is 2. The highest BCUT2D eigenvalue weighted by Gasteiger charge is 2.81. The standard InChI is InChI=1S/C28H33NO8/c1-7-9-10-12-16(30)18-20(32)14(3)23(33)26(5)21(18)25(4)24(34)19-17(31)13-15(11-8-2)29-22(19)27(6,35)28(25,36)37-26/h7-12,15,21,30,32,34-36H,13H2,1-6H3/b9-7+,11-8+,12-10+,18-16+/t15-,21+,25+,26-,27-,28+/m0/s1. The largest absolute Gasteiger partial charge is 0.511 e. The molecule has 1 saturated heterocycles. The smallest absolute Gasteiger partial charge is 0.215 e. The molecule has 0 saturated carbocycles. The van der Waals surface area contributed by atoms with Crippen molar-refractivity contribution >= 4 is 17.3 Å². The molecule has 198 valence electrons. The molecule has 0 radical (unpaired) electrons. The van der Waals surface area contributed by atoms with Crippen LogP contribution in [0.4, 0.5) is 0 Å². The van der Waals surface area contributed by atoms with E-state index in [0.29, 0.717) is 0 Å². The van der Waals surface area contributed by atoms with Crippen molar-refractivity contribution in [3.63, 3.8) is 0 Å². The first-order valence-electron chi connectivity index (χ1n) is 12.2. The first-order valence-corrected chi connectivity index (χ1v) is 12.2. The molecule has 0 aromatic heterocycles. The molecular weight excluding hydrogens is 478 g/mol. The number of fused-ring (bicyclic) bond motifs is 4. The number of hydrogen-bond donors (Lipinski definition) is 5. The van der Waals surface area contributed by atoms with Crippen LogP contribution < -0.4 is 0 Å². The van der Waals surface area contributed by atoms with E-state index in [2.05, 4.69) is 4.99 Å². The molecule has 2 aliphatic carbocycles. The summed E-state index contributed by atoms with van der Waals surface area (Å²) >= 11 is 0. The van der Waals surface area contributed by atoms with Crippen LogP contribution in [0, 0.1) is 11.3 Å². The summed E-state index contributed by atoms with van der Waals surface area (Å²) in [6.45, 7) is 8.79. The van der Waals surface area contributed by atoms with Gasteiger partial charge in [-0.05, 0) is 47.6 Å². The fourth-order valence-electron chi connectivity index (χ4n) is 6.36. The lowest BCUT2D eigenvalue weighted by Gasteiger charge is -2.52. The van der Waals surface area contributed by atoms with Gasteiger partial charge in [0.25, 0.3) is 0 Å². The first kappa shape index (κ1) is 26.8. The zero-order chi connectivity index (χ0) is 27.7. The van der Waals surface area contributed by atoms with Crippen LogP contribution in [-0.4, -0.2) is 65.8 Å². The van der Waals surface area contributed by atoms with Crippen LogP contribution in [0.3, 0.4) is 0 Å². The minimum absolute atomic E-state index is 0.0795. The van der Waals surface area contributed by atoms with Gasteiger partial charge in [-0.3, -0.25) is 14.6 Å². The average Bonchev–Trinajstić information content (AvgIpc) is 3.02. The summed E-state index contributed by atoms with van der Waals surface area (Å²) in [5.74, 6) is -6.92. The highest BCUT2D eigenvalue weighted by Crippen LogP contribution is 2.68. The van der Waals surface area contributed by atoms with Gasteiger partial charge in [0.15, 0.2) is 17.2 Å². The number of rotatable bonds is 3. The quantitative estimate of drug-likeness (QED) is 0.219. The van der Waals surface area contributed by atoms with E-state index in [-0.39, 0.29) is 28.9 Å². The van der Waals surface area contributed by atoms with Crippen LogP contribution in [0.1, 0.15) is 48.0 Å². The number of aliphatic hydroxyl groups is 5. The Hall–Kier alpha value is -3.27. The maximum atomic E-state index is 13.6. The van der Waals surface area contributed by atoms with Crippen molar-refractivity contribution in [1.82, 2.24) is 0 Å². The van der Waals surface area contributed by atoms with Crippen molar-refractivity contribution < 1.29 is 39.9 Å². The molecule has 37 heavy (non-hydrogen) atoms. The van der Waals surface area contributed by atoms with Gasteiger partial charge in [-0.15, -0.1) is 0 Å². The third-order valence-corrected chi connectivity index (χ3v) is 8.19. The molecule has 0 unspecified atom stereocenters. The molecule has 2 heterocycles. The topological polar surface area (TPSA) is 157 Å². The molecule has 2 aliphatic heterocycles. The van der Waals surface area contributed by atoms with E-state index >= 15 is 0 Å². The fraction of sp³-hybridized carbons (Fsp3) is 0.464. The molecular formula is C28H33NO8. The Kier molecular flexibility index (Phi) is 6.06. The molecule has 6 atom stereocenters. The molecule has 0 amide bonds. The Balaban J connectivity index is 2.12. The second-order valence-electron chi connectivity index (χ2n) is 10.5. The maximum absolute atomic E-state index is 13.6. The van der Waals surface area contributed by atoms with Crippen LogP contribution in [-0.2, 0) is 14.3 Å². The number of aliphatic hydroxyl groups excluding tert-OH is 3. The Labute approximate surface area is 215 Å². The Morgan fingerprint density at radius 1 is 1.08 bits per heavy atom. The molecule has 1 fully saturated rings. The summed E-state index contributed by atoms with van der Waals surface area (Å²) in [7, 11) is 0. The van der Waals surface area contributed by atoms with Gasteiger partial charge in [0.2, 0.25) is 5.79 Å². The van der Waals surface area contributed by atoms with Crippen LogP contribution in [0.2, 0.25) is 0 Å². The number of ether oxygens (including phenoxy) is 1. The average molecular weight is 512 g/mol. The normalized spacial score (nSPS) is 41.6. The molecule has 9 heteroatoms. The monoisotopic (exact) mass is 511 g/mol. The van der Waals surface area contributed by atoms with Crippen LogP contribution in [0.15, 0.2) is 75.4 Å². The van der Waals surface area contributed by atoms with Gasteiger partial charge in [0, 0.05) is 23.5 Å². The number of Topliss-reactive ketones (excluding diaryl/α,β-unsaturated/α-hetero) is 2. The van der Waals surface area contributed by atoms with Gasteiger partial charge in [-0.2, -0.15) is 0 Å². The summed E-state index contributed by atoms with van der Waals surface area (Å²) in [4.78, 5) is 31.3. The van der Waals surface area contributed by atoms with Crippen LogP contribution in [0.5, 0.6) is 0 Å². The molecule has 0 aromatic carbocycles. The molecule has 9 nitrogen and oxygen atoms in total. The van der Waals surface area contributed by atoms with Crippen molar-refractivity contribution in [2.75, 3.05) is 0 Å². The number of allylic oxidation sites excluding steroid dienone is 6. The predicted molar refractivity (Wildman–Crippen MR) is 136 cm³/mol. The second kappa shape index (κ2) is 8.37. The number of ketones is 2. The molecule has 5 N–H and O–H groups in total. The van der Waals surface area contributed by atoms with Crippen molar-refractivity contribution in [3.05, 3.63) is 70.5 Å².